The lowest BCUT2D eigenvalue weighted by molar-refractivity contribution is -0.119. The molecule has 1 aliphatic heterocycles. The van der Waals surface area contributed by atoms with Crippen molar-refractivity contribution in [3.05, 3.63) is 0 Å². The van der Waals surface area contributed by atoms with Crippen LogP contribution >= 0.6 is 24.0 Å². The van der Waals surface area contributed by atoms with Gasteiger partial charge in [0.25, 0.3) is 0 Å². The number of hydrogen-bond donors (Lipinski definition) is 2. The van der Waals surface area contributed by atoms with E-state index in [1.807, 2.05) is 7.05 Å². The molecule has 0 aliphatic carbocycles. The molecule has 0 aromatic carbocycles. The molecule has 1 aliphatic rings. The fraction of sp³-hybridized carbons (Fsp3) is 0.875. The number of nitrogens with zero attached hydrogens (tertiary/aromatic N) is 3. The summed E-state index contributed by atoms with van der Waals surface area (Å²) in [5.41, 5.74) is 5.33. The Morgan fingerprint density at radius 2 is 2.09 bits per heavy atom. The molecule has 1 saturated heterocycles. The van der Waals surface area contributed by atoms with Gasteiger partial charge in [-0.05, 0) is 38.8 Å². The molecule has 0 aromatic heterocycles. The van der Waals surface area contributed by atoms with Gasteiger partial charge in [0.2, 0.25) is 5.91 Å². The van der Waals surface area contributed by atoms with Gasteiger partial charge in [0.15, 0.2) is 5.96 Å². The molecule has 136 valence electrons. The summed E-state index contributed by atoms with van der Waals surface area (Å²) in [5, 5.41) is 3.48. The maximum atomic E-state index is 11.1. The number of hydrogen-bond acceptors (Lipinski definition) is 3. The molecule has 1 heterocycles. The van der Waals surface area contributed by atoms with Gasteiger partial charge in [-0.2, -0.15) is 0 Å². The standard InChI is InChI=1S/C16H33N5O.HI/c1-5-20(6-2)13(3)11-19-16(18-4)21-9-7-8-14(12-21)10-15(17)22;/h13-14H,5-12H2,1-4H3,(H2,17,22)(H,18,19);1H. The Kier molecular flexibility index (Phi) is 11.6. The molecule has 1 fully saturated rings. The largest absolute Gasteiger partial charge is 0.370 e. The maximum absolute atomic E-state index is 11.1. The molecule has 0 aromatic rings. The van der Waals surface area contributed by atoms with Gasteiger partial charge < -0.3 is 16.0 Å². The van der Waals surface area contributed by atoms with Crippen molar-refractivity contribution in [3.8, 4) is 0 Å². The minimum atomic E-state index is -0.204. The topological polar surface area (TPSA) is 74.0 Å². The Bertz CT molecular complexity index is 373. The van der Waals surface area contributed by atoms with Crippen LogP contribution in [0.2, 0.25) is 0 Å². The highest BCUT2D eigenvalue weighted by Gasteiger charge is 2.23. The van der Waals surface area contributed by atoms with Crippen molar-refractivity contribution in [2.24, 2.45) is 16.6 Å². The molecule has 3 N–H and O–H groups in total. The number of piperidine rings is 1. The monoisotopic (exact) mass is 439 g/mol. The van der Waals surface area contributed by atoms with E-state index in [-0.39, 0.29) is 29.9 Å². The zero-order valence-electron chi connectivity index (χ0n) is 15.0. The number of amides is 1. The van der Waals surface area contributed by atoms with Crippen LogP contribution in [0, 0.1) is 5.92 Å². The number of nitrogens with one attached hydrogen (secondary N) is 1. The van der Waals surface area contributed by atoms with Gasteiger partial charge in [0.05, 0.1) is 0 Å². The molecule has 6 nitrogen and oxygen atoms in total. The van der Waals surface area contributed by atoms with E-state index in [9.17, 15) is 4.79 Å². The van der Waals surface area contributed by atoms with Crippen molar-refractivity contribution < 1.29 is 4.79 Å². The summed E-state index contributed by atoms with van der Waals surface area (Å²) < 4.78 is 0. The number of likely N-dealkylation sites (N-methyl/N-ethyl adjacent to an activating group) is 1. The number of carbonyl (C=O) groups excluding carboxylic acids is 1. The fourth-order valence-electron chi connectivity index (χ4n) is 3.26. The first-order valence-corrected chi connectivity index (χ1v) is 8.49. The van der Waals surface area contributed by atoms with Crippen molar-refractivity contribution in [2.45, 2.75) is 46.1 Å². The molecular weight excluding hydrogens is 405 g/mol. The lowest BCUT2D eigenvalue weighted by atomic mass is 9.95. The normalized spacial score (nSPS) is 20.1. The van der Waals surface area contributed by atoms with Gasteiger partial charge in [0.1, 0.15) is 0 Å². The highest BCUT2D eigenvalue weighted by Crippen LogP contribution is 2.19. The average molecular weight is 439 g/mol. The van der Waals surface area contributed by atoms with Gasteiger partial charge in [0, 0.05) is 39.1 Å². The molecule has 0 bridgehead atoms. The quantitative estimate of drug-likeness (QED) is 0.358. The van der Waals surface area contributed by atoms with Gasteiger partial charge in [-0.15, -0.1) is 24.0 Å². The van der Waals surface area contributed by atoms with Crippen LogP contribution in [-0.2, 0) is 4.79 Å². The Morgan fingerprint density at radius 1 is 1.43 bits per heavy atom. The third-order valence-corrected chi connectivity index (χ3v) is 4.51. The molecule has 0 radical (unpaired) electrons. The Morgan fingerprint density at radius 3 is 2.61 bits per heavy atom. The van der Waals surface area contributed by atoms with E-state index >= 15 is 0 Å². The first-order valence-electron chi connectivity index (χ1n) is 8.49. The van der Waals surface area contributed by atoms with E-state index in [0.29, 0.717) is 18.4 Å². The first kappa shape index (κ1) is 22.4. The molecule has 1 amide bonds. The molecule has 23 heavy (non-hydrogen) atoms. The smallest absolute Gasteiger partial charge is 0.217 e. The van der Waals surface area contributed by atoms with Gasteiger partial charge in [-0.25, -0.2) is 0 Å². The third-order valence-electron chi connectivity index (χ3n) is 4.51. The van der Waals surface area contributed by atoms with Crippen LogP contribution in [0.25, 0.3) is 0 Å². The van der Waals surface area contributed by atoms with E-state index in [2.05, 4.69) is 40.9 Å². The average Bonchev–Trinajstić information content (AvgIpc) is 2.49. The van der Waals surface area contributed by atoms with Crippen molar-refractivity contribution in [2.75, 3.05) is 39.8 Å². The van der Waals surface area contributed by atoms with Crippen molar-refractivity contribution in [1.82, 2.24) is 15.1 Å². The predicted octanol–water partition coefficient (Wildman–Crippen LogP) is 1.50. The number of likely N-dealkylation sites (tertiary alicyclic amines) is 1. The minimum Gasteiger partial charge on any atom is -0.370 e. The Labute approximate surface area is 158 Å². The maximum Gasteiger partial charge on any atom is 0.217 e. The Hall–Kier alpha value is -0.570. The molecular formula is C16H34IN5O. The number of guanidine groups is 1. The first-order chi connectivity index (χ1) is 10.5. The van der Waals surface area contributed by atoms with Crippen LogP contribution in [0.3, 0.4) is 0 Å². The molecule has 2 atom stereocenters. The summed E-state index contributed by atoms with van der Waals surface area (Å²) in [4.78, 5) is 20.2. The lowest BCUT2D eigenvalue weighted by Gasteiger charge is -2.35. The second-order valence-electron chi connectivity index (χ2n) is 6.12. The summed E-state index contributed by atoms with van der Waals surface area (Å²) in [6.07, 6.45) is 2.64. The van der Waals surface area contributed by atoms with Crippen molar-refractivity contribution in [1.29, 1.82) is 0 Å². The summed E-state index contributed by atoms with van der Waals surface area (Å²) in [6, 6.07) is 0.470. The molecule has 0 spiro atoms. The number of nitrogens with two attached hydrogens (primary N) is 1. The van der Waals surface area contributed by atoms with Crippen molar-refractivity contribution in [3.63, 3.8) is 0 Å². The van der Waals surface area contributed by atoms with Crippen LogP contribution < -0.4 is 11.1 Å². The van der Waals surface area contributed by atoms with E-state index in [1.54, 1.807) is 0 Å². The number of halogens is 1. The minimum absolute atomic E-state index is 0. The lowest BCUT2D eigenvalue weighted by Crippen LogP contribution is -2.50. The van der Waals surface area contributed by atoms with Crippen LogP contribution in [0.15, 0.2) is 4.99 Å². The summed E-state index contributed by atoms with van der Waals surface area (Å²) in [6.45, 7) is 11.5. The molecule has 7 heteroatoms. The van der Waals surface area contributed by atoms with E-state index in [0.717, 1.165) is 51.5 Å². The van der Waals surface area contributed by atoms with Crippen LogP contribution in [0.1, 0.15) is 40.0 Å². The second kappa shape index (κ2) is 11.9. The third kappa shape index (κ3) is 7.69. The van der Waals surface area contributed by atoms with Gasteiger partial charge >= 0.3 is 0 Å². The SMILES string of the molecule is CCN(CC)C(C)CNC(=NC)N1CCCC(CC(N)=O)C1.I. The summed E-state index contributed by atoms with van der Waals surface area (Å²) in [7, 11) is 1.82. The van der Waals surface area contributed by atoms with E-state index < -0.39 is 0 Å². The molecule has 2 unspecified atom stereocenters. The Balaban J connectivity index is 0.00000484. The van der Waals surface area contributed by atoms with Crippen LogP contribution in [-0.4, -0.2) is 67.5 Å². The van der Waals surface area contributed by atoms with Crippen LogP contribution in [0.4, 0.5) is 0 Å². The van der Waals surface area contributed by atoms with E-state index in [4.69, 9.17) is 5.73 Å². The summed E-state index contributed by atoms with van der Waals surface area (Å²) >= 11 is 0. The van der Waals surface area contributed by atoms with Gasteiger partial charge in [-0.3, -0.25) is 14.7 Å². The van der Waals surface area contributed by atoms with Crippen molar-refractivity contribution >= 4 is 35.8 Å². The van der Waals surface area contributed by atoms with Crippen LogP contribution in [0.5, 0.6) is 0 Å². The zero-order valence-corrected chi connectivity index (χ0v) is 17.4. The molecule has 1 rings (SSSR count). The molecule has 0 saturated carbocycles. The highest BCUT2D eigenvalue weighted by molar-refractivity contribution is 14.0. The fourth-order valence-corrected chi connectivity index (χ4v) is 3.26. The number of rotatable bonds is 7. The van der Waals surface area contributed by atoms with Gasteiger partial charge in [-0.1, -0.05) is 13.8 Å². The number of carbonyl (C=O) groups is 1. The highest BCUT2D eigenvalue weighted by atomic mass is 127. The zero-order chi connectivity index (χ0) is 16.5. The number of aliphatic imine (C=N–C) groups is 1. The second-order valence-corrected chi connectivity index (χ2v) is 6.12. The number of primary amides is 1. The summed E-state index contributed by atoms with van der Waals surface area (Å²) in [5.74, 6) is 1.09. The van der Waals surface area contributed by atoms with E-state index in [1.165, 1.54) is 0 Å². The predicted molar refractivity (Wildman–Crippen MR) is 107 cm³/mol.